The first-order valence-electron chi connectivity index (χ1n) is 7.54. The van der Waals surface area contributed by atoms with E-state index in [9.17, 15) is 0 Å². The summed E-state index contributed by atoms with van der Waals surface area (Å²) in [5.74, 6) is 2.04. The summed E-state index contributed by atoms with van der Waals surface area (Å²) in [5.41, 5.74) is 0.893. The molecular formula is C16H21N3O2. The first-order chi connectivity index (χ1) is 10.3. The molecule has 0 spiro atoms. The van der Waals surface area contributed by atoms with Crippen molar-refractivity contribution in [2.75, 3.05) is 20.2 Å². The Kier molecular flexibility index (Phi) is 4.50. The molecule has 1 saturated heterocycles. The molecule has 0 N–H and O–H groups in total. The number of likely N-dealkylation sites (tertiary alicyclic amines) is 1. The summed E-state index contributed by atoms with van der Waals surface area (Å²) < 4.78 is 11.0. The van der Waals surface area contributed by atoms with Gasteiger partial charge in [-0.3, -0.25) is 4.90 Å². The van der Waals surface area contributed by atoms with Gasteiger partial charge in [0.1, 0.15) is 5.75 Å². The summed E-state index contributed by atoms with van der Waals surface area (Å²) >= 11 is 0. The molecule has 0 aliphatic carbocycles. The molecule has 5 nitrogen and oxygen atoms in total. The number of nitrogens with zero attached hydrogens (tertiary/aromatic N) is 3. The van der Waals surface area contributed by atoms with Gasteiger partial charge in [-0.1, -0.05) is 18.9 Å². The van der Waals surface area contributed by atoms with E-state index in [2.05, 4.69) is 15.1 Å². The summed E-state index contributed by atoms with van der Waals surface area (Å²) in [6, 6.07) is 7.68. The Morgan fingerprint density at radius 1 is 1.14 bits per heavy atom. The molecule has 0 unspecified atom stereocenters. The molecule has 21 heavy (non-hydrogen) atoms. The molecule has 0 radical (unpaired) electrons. The first-order valence-corrected chi connectivity index (χ1v) is 7.54. The van der Waals surface area contributed by atoms with Crippen LogP contribution in [-0.4, -0.2) is 35.3 Å². The second-order valence-electron chi connectivity index (χ2n) is 5.42. The van der Waals surface area contributed by atoms with Crippen LogP contribution >= 0.6 is 0 Å². The molecule has 1 aromatic heterocycles. The molecule has 0 atom stereocenters. The summed E-state index contributed by atoms with van der Waals surface area (Å²) in [7, 11) is 1.65. The SMILES string of the molecule is COc1cccc(-c2nnc(CN3CCCCCC3)o2)c1. The number of aromatic nitrogens is 2. The summed E-state index contributed by atoms with van der Waals surface area (Å²) in [6.45, 7) is 2.99. The van der Waals surface area contributed by atoms with E-state index in [1.54, 1.807) is 7.11 Å². The first kappa shape index (κ1) is 14.1. The highest BCUT2D eigenvalue weighted by molar-refractivity contribution is 5.55. The van der Waals surface area contributed by atoms with Crippen molar-refractivity contribution in [1.82, 2.24) is 15.1 Å². The minimum absolute atomic E-state index is 0.554. The second-order valence-corrected chi connectivity index (χ2v) is 5.42. The highest BCUT2D eigenvalue weighted by Crippen LogP contribution is 2.23. The number of rotatable bonds is 4. The highest BCUT2D eigenvalue weighted by Gasteiger charge is 2.14. The lowest BCUT2D eigenvalue weighted by Gasteiger charge is -2.16. The van der Waals surface area contributed by atoms with Gasteiger partial charge >= 0.3 is 0 Å². The summed E-state index contributed by atoms with van der Waals surface area (Å²) in [6.07, 6.45) is 5.18. The fourth-order valence-electron chi connectivity index (χ4n) is 2.68. The predicted octanol–water partition coefficient (Wildman–Crippen LogP) is 3.12. The van der Waals surface area contributed by atoms with E-state index in [1.165, 1.54) is 25.7 Å². The third-order valence-corrected chi connectivity index (χ3v) is 3.84. The van der Waals surface area contributed by atoms with Crippen LogP contribution in [0.4, 0.5) is 0 Å². The number of hydrogen-bond donors (Lipinski definition) is 0. The quantitative estimate of drug-likeness (QED) is 0.864. The Bertz CT molecular complexity index is 574. The van der Waals surface area contributed by atoms with Crippen LogP contribution in [0.25, 0.3) is 11.5 Å². The molecule has 1 aliphatic rings. The Hall–Kier alpha value is -1.88. The maximum absolute atomic E-state index is 5.79. The molecule has 1 aromatic carbocycles. The number of hydrogen-bond acceptors (Lipinski definition) is 5. The maximum Gasteiger partial charge on any atom is 0.247 e. The third-order valence-electron chi connectivity index (χ3n) is 3.84. The van der Waals surface area contributed by atoms with Gasteiger partial charge in [0.15, 0.2) is 0 Å². The largest absolute Gasteiger partial charge is 0.497 e. The lowest BCUT2D eigenvalue weighted by Crippen LogP contribution is -2.24. The van der Waals surface area contributed by atoms with E-state index in [0.29, 0.717) is 11.8 Å². The molecule has 0 bridgehead atoms. The van der Waals surface area contributed by atoms with Gasteiger partial charge in [-0.25, -0.2) is 0 Å². The normalized spacial score (nSPS) is 16.6. The van der Waals surface area contributed by atoms with Crippen LogP contribution in [0, 0.1) is 0 Å². The minimum atomic E-state index is 0.554. The zero-order valence-corrected chi connectivity index (χ0v) is 12.4. The molecular weight excluding hydrogens is 266 g/mol. The predicted molar refractivity (Wildman–Crippen MR) is 80.0 cm³/mol. The van der Waals surface area contributed by atoms with Crippen LogP contribution in [0.1, 0.15) is 31.6 Å². The Balaban J connectivity index is 1.70. The van der Waals surface area contributed by atoms with Crippen molar-refractivity contribution >= 4 is 0 Å². The van der Waals surface area contributed by atoms with Gasteiger partial charge in [-0.05, 0) is 44.1 Å². The van der Waals surface area contributed by atoms with Crippen LogP contribution in [-0.2, 0) is 6.54 Å². The fraction of sp³-hybridized carbons (Fsp3) is 0.500. The Labute approximate surface area is 124 Å². The van der Waals surface area contributed by atoms with E-state index in [4.69, 9.17) is 9.15 Å². The number of ether oxygens (including phenoxy) is 1. The number of methoxy groups -OCH3 is 1. The van der Waals surface area contributed by atoms with Crippen molar-refractivity contribution in [2.24, 2.45) is 0 Å². The van der Waals surface area contributed by atoms with Crippen LogP contribution in [0.5, 0.6) is 5.75 Å². The minimum Gasteiger partial charge on any atom is -0.497 e. The van der Waals surface area contributed by atoms with E-state index >= 15 is 0 Å². The summed E-state index contributed by atoms with van der Waals surface area (Å²) in [4.78, 5) is 2.40. The van der Waals surface area contributed by atoms with Gasteiger partial charge in [0.05, 0.1) is 13.7 Å². The monoisotopic (exact) mass is 287 g/mol. The molecule has 2 aromatic rings. The van der Waals surface area contributed by atoms with E-state index in [0.717, 1.165) is 30.9 Å². The molecule has 2 heterocycles. The van der Waals surface area contributed by atoms with Crippen molar-refractivity contribution in [1.29, 1.82) is 0 Å². The number of benzene rings is 1. The average Bonchev–Trinajstić information content (AvgIpc) is 2.83. The average molecular weight is 287 g/mol. The molecule has 0 saturated carbocycles. The summed E-state index contributed by atoms with van der Waals surface area (Å²) in [5, 5.41) is 8.33. The van der Waals surface area contributed by atoms with Gasteiger partial charge in [-0.2, -0.15) is 0 Å². The van der Waals surface area contributed by atoms with Gasteiger partial charge in [-0.15, -0.1) is 10.2 Å². The molecule has 112 valence electrons. The van der Waals surface area contributed by atoms with Crippen molar-refractivity contribution in [3.63, 3.8) is 0 Å². The van der Waals surface area contributed by atoms with Crippen LogP contribution in [0.3, 0.4) is 0 Å². The van der Waals surface area contributed by atoms with E-state index < -0.39 is 0 Å². The van der Waals surface area contributed by atoms with Crippen molar-refractivity contribution < 1.29 is 9.15 Å². The van der Waals surface area contributed by atoms with E-state index in [-0.39, 0.29) is 0 Å². The van der Waals surface area contributed by atoms with Gasteiger partial charge in [0.2, 0.25) is 11.8 Å². The molecule has 1 fully saturated rings. The van der Waals surface area contributed by atoms with Crippen molar-refractivity contribution in [3.05, 3.63) is 30.2 Å². The molecule has 5 heteroatoms. The smallest absolute Gasteiger partial charge is 0.247 e. The Morgan fingerprint density at radius 3 is 2.71 bits per heavy atom. The Morgan fingerprint density at radius 2 is 1.95 bits per heavy atom. The highest BCUT2D eigenvalue weighted by atomic mass is 16.5. The fourth-order valence-corrected chi connectivity index (χ4v) is 2.68. The zero-order chi connectivity index (χ0) is 14.5. The van der Waals surface area contributed by atoms with Gasteiger partial charge < -0.3 is 9.15 Å². The topological polar surface area (TPSA) is 51.4 Å². The van der Waals surface area contributed by atoms with Gasteiger partial charge in [0.25, 0.3) is 0 Å². The zero-order valence-electron chi connectivity index (χ0n) is 12.4. The second kappa shape index (κ2) is 6.72. The molecule has 3 rings (SSSR count). The van der Waals surface area contributed by atoms with Gasteiger partial charge in [0, 0.05) is 5.56 Å². The van der Waals surface area contributed by atoms with Crippen LogP contribution < -0.4 is 4.74 Å². The van der Waals surface area contributed by atoms with Crippen LogP contribution in [0.15, 0.2) is 28.7 Å². The maximum atomic E-state index is 5.79. The van der Waals surface area contributed by atoms with E-state index in [1.807, 2.05) is 24.3 Å². The lowest BCUT2D eigenvalue weighted by atomic mass is 10.2. The van der Waals surface area contributed by atoms with Crippen molar-refractivity contribution in [2.45, 2.75) is 32.2 Å². The van der Waals surface area contributed by atoms with Crippen molar-refractivity contribution in [3.8, 4) is 17.2 Å². The lowest BCUT2D eigenvalue weighted by molar-refractivity contribution is 0.249. The standard InChI is InChI=1S/C16H21N3O2/c1-20-14-8-6-7-13(11-14)16-18-17-15(21-16)12-19-9-4-2-3-5-10-19/h6-8,11H,2-5,9-10,12H2,1H3. The molecule has 1 aliphatic heterocycles. The van der Waals surface area contributed by atoms with Crippen LogP contribution in [0.2, 0.25) is 0 Å². The third kappa shape index (κ3) is 3.61. The molecule has 0 amide bonds.